The van der Waals surface area contributed by atoms with Gasteiger partial charge in [-0.05, 0) is 55.8 Å². The van der Waals surface area contributed by atoms with Crippen molar-refractivity contribution in [3.63, 3.8) is 0 Å². The Kier molecular flexibility index (Phi) is 15.1. The number of amides is 3. The Morgan fingerprint density at radius 1 is 0.953 bits per heavy atom. The van der Waals surface area contributed by atoms with Gasteiger partial charge in [0.2, 0.25) is 5.91 Å². The quantitative estimate of drug-likeness (QED) is 0.0887. The first-order chi connectivity index (χ1) is 30.7. The number of nitrogens with two attached hydrogens (primary N) is 1. The van der Waals surface area contributed by atoms with Crippen molar-refractivity contribution < 1.29 is 58.1 Å². The Morgan fingerprint density at radius 2 is 1.70 bits per heavy atom. The maximum Gasteiger partial charge on any atom is 0.275 e. The molecule has 3 aliphatic rings. The van der Waals surface area contributed by atoms with Gasteiger partial charge >= 0.3 is 0 Å². The third kappa shape index (κ3) is 10.3. The average Bonchev–Trinajstić information content (AvgIpc) is 3.67. The maximum absolute atomic E-state index is 14.3. The topological polar surface area (TPSA) is 238 Å². The van der Waals surface area contributed by atoms with Crippen LogP contribution in [0.1, 0.15) is 36.3 Å². The van der Waals surface area contributed by atoms with E-state index in [1.54, 1.807) is 47.0 Å². The fourth-order valence-electron chi connectivity index (χ4n) is 7.84. The van der Waals surface area contributed by atoms with Crippen molar-refractivity contribution in [2.24, 2.45) is 5.73 Å². The van der Waals surface area contributed by atoms with E-state index < -0.39 is 42.0 Å². The number of benzene rings is 3. The van der Waals surface area contributed by atoms with Crippen LogP contribution in [-0.2, 0) is 35.1 Å². The fourth-order valence-corrected chi connectivity index (χ4v) is 8.36. The molecular formula is C44H52Cl2N6O12. The van der Waals surface area contributed by atoms with E-state index >= 15 is 0 Å². The number of nitrogens with zero attached hydrogens (tertiary/aromatic N) is 3. The van der Waals surface area contributed by atoms with E-state index in [0.717, 1.165) is 5.56 Å². The van der Waals surface area contributed by atoms with Gasteiger partial charge in [0, 0.05) is 58.1 Å². The fraction of sp³-hybridized carbons (Fsp3) is 0.455. The molecule has 4 aromatic rings. The number of morpholine rings is 1. The Labute approximate surface area is 379 Å². The second kappa shape index (κ2) is 20.5. The normalized spacial score (nSPS) is 21.3. The summed E-state index contributed by atoms with van der Waals surface area (Å²) in [6, 6.07) is 16.1. The zero-order valence-corrected chi connectivity index (χ0v) is 37.1. The van der Waals surface area contributed by atoms with Gasteiger partial charge in [0.25, 0.3) is 11.8 Å². The molecule has 4 heterocycles. The van der Waals surface area contributed by atoms with Crippen molar-refractivity contribution in [2.45, 2.75) is 62.9 Å². The molecule has 3 amide bonds. The van der Waals surface area contributed by atoms with Crippen LogP contribution < -0.4 is 25.8 Å². The average molecular weight is 928 g/mol. The SMILES string of the molecule is COc1cc2c(cc1-c1cccc(NC(=O)CCOCCOCCNC(=O)[C@H]3O[C@@H](CN)[C@H](O)[C@@H](O)[C@H]3O)c1)-c1c(c(C(=O)N3CCOCC3(C)C)nn1-c1cc(Cl)cc(Cl)c1)CO2. The molecule has 18 nitrogen and oxygen atoms in total. The van der Waals surface area contributed by atoms with Crippen molar-refractivity contribution in [3.05, 3.63) is 75.9 Å². The molecule has 0 radical (unpaired) electrons. The molecule has 64 heavy (non-hydrogen) atoms. The van der Waals surface area contributed by atoms with Crippen molar-refractivity contribution in [3.8, 4) is 39.6 Å². The molecule has 2 fully saturated rings. The number of rotatable bonds is 16. The molecule has 1 aromatic heterocycles. The highest BCUT2D eigenvalue weighted by Crippen LogP contribution is 2.47. The van der Waals surface area contributed by atoms with Gasteiger partial charge in [-0.25, -0.2) is 4.68 Å². The molecule has 20 heteroatoms. The predicted molar refractivity (Wildman–Crippen MR) is 235 cm³/mol. The number of hydrogen-bond donors (Lipinski definition) is 6. The molecule has 0 unspecified atom stereocenters. The molecule has 0 bridgehead atoms. The predicted octanol–water partition coefficient (Wildman–Crippen LogP) is 2.95. The highest BCUT2D eigenvalue weighted by molar-refractivity contribution is 6.34. The number of aromatic nitrogens is 2. The lowest BCUT2D eigenvalue weighted by atomic mass is 9.94. The largest absolute Gasteiger partial charge is 0.496 e. The van der Waals surface area contributed by atoms with Crippen LogP contribution in [-0.4, -0.2) is 150 Å². The Bertz CT molecular complexity index is 2320. The van der Waals surface area contributed by atoms with Crippen LogP contribution in [0.5, 0.6) is 11.5 Å². The number of anilines is 1. The van der Waals surface area contributed by atoms with Crippen LogP contribution >= 0.6 is 23.2 Å². The standard InChI is InChI=1S/C44H52Cl2N6O12/c1-44(2)23-62-12-9-51(44)43(58)36-31-22-63-33-20-32(59-3)29(19-30(33)37(31)52(50-36)28-17-25(45)16-26(46)18-28)24-5-4-6-27(15-24)49-35(53)7-10-60-13-14-61-11-8-48-42(57)41-40(56)39(55)38(54)34(21-47)64-41/h4-6,15-20,34,38-41,54-56H,7-14,21-23,47H2,1-3H3,(H,48,57)(H,49,53)/t34-,38-,39+,40+,41-/m0/s1. The van der Waals surface area contributed by atoms with E-state index in [-0.39, 0.29) is 70.1 Å². The first-order valence-corrected chi connectivity index (χ1v) is 21.5. The number of halogens is 2. The van der Waals surface area contributed by atoms with E-state index in [1.807, 2.05) is 38.1 Å². The summed E-state index contributed by atoms with van der Waals surface area (Å²) in [4.78, 5) is 41.6. The maximum atomic E-state index is 14.3. The summed E-state index contributed by atoms with van der Waals surface area (Å²) in [5.41, 5.74) is 9.61. The Balaban J connectivity index is 0.986. The van der Waals surface area contributed by atoms with Crippen molar-refractivity contribution in [1.29, 1.82) is 0 Å². The Morgan fingerprint density at radius 3 is 2.42 bits per heavy atom. The lowest BCUT2D eigenvalue weighted by Gasteiger charge is -2.41. The third-order valence-corrected chi connectivity index (χ3v) is 11.6. The number of aliphatic hydroxyl groups is 3. The van der Waals surface area contributed by atoms with Gasteiger partial charge in [-0.3, -0.25) is 14.4 Å². The highest BCUT2D eigenvalue weighted by atomic mass is 35.5. The number of carbonyl (C=O) groups is 3. The van der Waals surface area contributed by atoms with Gasteiger partial charge in [-0.2, -0.15) is 5.10 Å². The minimum Gasteiger partial charge on any atom is -0.496 e. The van der Waals surface area contributed by atoms with Gasteiger partial charge in [0.1, 0.15) is 36.4 Å². The zero-order valence-electron chi connectivity index (χ0n) is 35.6. The summed E-state index contributed by atoms with van der Waals surface area (Å²) >= 11 is 13.0. The first-order valence-electron chi connectivity index (χ1n) is 20.8. The van der Waals surface area contributed by atoms with Crippen LogP contribution in [0.15, 0.2) is 54.6 Å². The summed E-state index contributed by atoms with van der Waals surface area (Å²) in [5, 5.41) is 41.3. The summed E-state index contributed by atoms with van der Waals surface area (Å²) in [7, 11) is 1.56. The van der Waals surface area contributed by atoms with Crippen LogP contribution in [0, 0.1) is 0 Å². The molecule has 0 saturated carbocycles. The lowest BCUT2D eigenvalue weighted by molar-refractivity contribution is -0.218. The highest BCUT2D eigenvalue weighted by Gasteiger charge is 2.46. The van der Waals surface area contributed by atoms with Crippen molar-refractivity contribution in [1.82, 2.24) is 20.0 Å². The van der Waals surface area contributed by atoms with E-state index in [9.17, 15) is 29.7 Å². The van der Waals surface area contributed by atoms with Gasteiger partial charge in [0.15, 0.2) is 11.8 Å². The number of aliphatic hydroxyl groups excluding tert-OH is 3. The summed E-state index contributed by atoms with van der Waals surface area (Å²) in [6.45, 7) is 5.75. The van der Waals surface area contributed by atoms with Crippen molar-refractivity contribution in [2.75, 3.05) is 71.7 Å². The zero-order chi connectivity index (χ0) is 45.7. The number of nitrogens with one attached hydrogen (secondary N) is 2. The molecule has 7 N–H and O–H groups in total. The summed E-state index contributed by atoms with van der Waals surface area (Å²) < 4.78 is 36.0. The molecule has 7 rings (SSSR count). The number of ether oxygens (including phenoxy) is 6. The molecule has 2 saturated heterocycles. The molecule has 3 aliphatic heterocycles. The third-order valence-electron chi connectivity index (χ3n) is 11.1. The monoisotopic (exact) mass is 926 g/mol. The smallest absolute Gasteiger partial charge is 0.275 e. The molecular weight excluding hydrogens is 875 g/mol. The van der Waals surface area contributed by atoms with Gasteiger partial charge in [-0.1, -0.05) is 35.3 Å². The lowest BCUT2D eigenvalue weighted by Crippen LogP contribution is -2.63. The first kappa shape index (κ1) is 47.1. The van der Waals surface area contributed by atoms with E-state index in [0.29, 0.717) is 75.1 Å². The van der Waals surface area contributed by atoms with Gasteiger partial charge in [0.05, 0.1) is 76.2 Å². The van der Waals surface area contributed by atoms with Crippen LogP contribution in [0.2, 0.25) is 10.0 Å². The van der Waals surface area contributed by atoms with Gasteiger partial charge < -0.3 is 65.0 Å². The number of hydrogen-bond acceptors (Lipinski definition) is 14. The number of fused-ring (bicyclic) bond motifs is 3. The summed E-state index contributed by atoms with van der Waals surface area (Å²) in [5.74, 6) is -0.165. The summed E-state index contributed by atoms with van der Waals surface area (Å²) in [6.07, 6.45) is -6.93. The van der Waals surface area contributed by atoms with Crippen molar-refractivity contribution >= 4 is 46.6 Å². The minimum absolute atomic E-state index is 0.0663. The van der Waals surface area contributed by atoms with E-state index in [2.05, 4.69) is 10.6 Å². The van der Waals surface area contributed by atoms with Gasteiger partial charge in [-0.15, -0.1) is 0 Å². The van der Waals surface area contributed by atoms with E-state index in [4.69, 9.17) is 62.5 Å². The second-order valence-electron chi connectivity index (χ2n) is 16.1. The number of carbonyl (C=O) groups excluding carboxylic acids is 3. The van der Waals surface area contributed by atoms with E-state index in [1.165, 1.54) is 0 Å². The van der Waals surface area contributed by atoms with Crippen LogP contribution in [0.25, 0.3) is 28.1 Å². The molecule has 0 aliphatic carbocycles. The Hall–Kier alpha value is -4.86. The van der Waals surface area contributed by atoms with Crippen LogP contribution in [0.3, 0.4) is 0 Å². The van der Waals surface area contributed by atoms with Crippen LogP contribution in [0.4, 0.5) is 5.69 Å². The second-order valence-corrected chi connectivity index (χ2v) is 16.9. The number of methoxy groups -OCH3 is 1. The minimum atomic E-state index is -1.62. The molecule has 3 aromatic carbocycles. The molecule has 5 atom stereocenters. The molecule has 0 spiro atoms. The molecule has 344 valence electrons.